The van der Waals surface area contributed by atoms with E-state index in [-0.39, 0.29) is 0 Å². The molecule has 0 heterocycles. The molecule has 1 saturated carbocycles. The predicted molar refractivity (Wildman–Crippen MR) is 63.4 cm³/mol. The van der Waals surface area contributed by atoms with E-state index in [4.69, 9.17) is 0 Å². The molecule has 1 fully saturated rings. The molecule has 0 aromatic heterocycles. The van der Waals surface area contributed by atoms with Gasteiger partial charge in [0.05, 0.1) is 0 Å². The van der Waals surface area contributed by atoms with Crippen LogP contribution in [0.4, 0.5) is 0 Å². The molecule has 1 heteroatoms. The molecule has 0 aromatic carbocycles. The van der Waals surface area contributed by atoms with Crippen molar-refractivity contribution in [1.82, 2.24) is 5.32 Å². The van der Waals surface area contributed by atoms with Crippen molar-refractivity contribution in [1.29, 1.82) is 0 Å². The standard InChI is InChI=1S/C13H27N/c1-10-6-7-11(9-14-5)12(8-10)13(2,3)4/h10-12,14H,6-9H2,1-5H3. The molecule has 0 radical (unpaired) electrons. The molecular formula is C13H27N. The van der Waals surface area contributed by atoms with Gasteiger partial charge in [-0.05, 0) is 49.6 Å². The Hall–Kier alpha value is -0.0400. The predicted octanol–water partition coefficient (Wildman–Crippen LogP) is 3.30. The van der Waals surface area contributed by atoms with Gasteiger partial charge < -0.3 is 5.32 Å². The maximum Gasteiger partial charge on any atom is -0.00207 e. The van der Waals surface area contributed by atoms with Gasteiger partial charge in [-0.25, -0.2) is 0 Å². The van der Waals surface area contributed by atoms with Crippen LogP contribution in [0, 0.1) is 23.2 Å². The highest BCUT2D eigenvalue weighted by Gasteiger charge is 2.35. The van der Waals surface area contributed by atoms with Gasteiger partial charge in [-0.3, -0.25) is 0 Å². The maximum atomic E-state index is 3.35. The van der Waals surface area contributed by atoms with E-state index in [1.54, 1.807) is 0 Å². The van der Waals surface area contributed by atoms with Gasteiger partial charge in [0.25, 0.3) is 0 Å². The summed E-state index contributed by atoms with van der Waals surface area (Å²) in [6.45, 7) is 10.8. The topological polar surface area (TPSA) is 12.0 Å². The molecule has 0 aliphatic heterocycles. The van der Waals surface area contributed by atoms with E-state index in [1.807, 2.05) is 0 Å². The minimum absolute atomic E-state index is 0.482. The normalized spacial score (nSPS) is 34.5. The molecular weight excluding hydrogens is 170 g/mol. The number of hydrogen-bond acceptors (Lipinski definition) is 1. The van der Waals surface area contributed by atoms with Crippen LogP contribution in [0.5, 0.6) is 0 Å². The van der Waals surface area contributed by atoms with Crippen molar-refractivity contribution in [2.75, 3.05) is 13.6 Å². The summed E-state index contributed by atoms with van der Waals surface area (Å²) >= 11 is 0. The minimum Gasteiger partial charge on any atom is -0.319 e. The second-order valence-electron chi connectivity index (χ2n) is 6.21. The molecule has 1 nitrogen and oxygen atoms in total. The molecule has 84 valence electrons. The van der Waals surface area contributed by atoms with Crippen molar-refractivity contribution >= 4 is 0 Å². The lowest BCUT2D eigenvalue weighted by atomic mass is 9.64. The zero-order chi connectivity index (χ0) is 10.8. The monoisotopic (exact) mass is 197 g/mol. The van der Waals surface area contributed by atoms with Crippen molar-refractivity contribution in [2.24, 2.45) is 23.2 Å². The molecule has 0 saturated heterocycles. The van der Waals surface area contributed by atoms with Crippen LogP contribution in [0.2, 0.25) is 0 Å². The quantitative estimate of drug-likeness (QED) is 0.716. The van der Waals surface area contributed by atoms with E-state index >= 15 is 0 Å². The first kappa shape index (κ1) is 12.0. The average molecular weight is 197 g/mol. The third kappa shape index (κ3) is 2.98. The van der Waals surface area contributed by atoms with Gasteiger partial charge in [0.15, 0.2) is 0 Å². The van der Waals surface area contributed by atoms with Gasteiger partial charge in [-0.15, -0.1) is 0 Å². The zero-order valence-corrected chi connectivity index (χ0v) is 10.6. The summed E-state index contributed by atoms with van der Waals surface area (Å²) in [5, 5.41) is 3.35. The van der Waals surface area contributed by atoms with Crippen molar-refractivity contribution < 1.29 is 0 Å². The lowest BCUT2D eigenvalue weighted by Gasteiger charge is -2.42. The van der Waals surface area contributed by atoms with Crippen molar-refractivity contribution in [3.05, 3.63) is 0 Å². The van der Waals surface area contributed by atoms with Gasteiger partial charge in [0.2, 0.25) is 0 Å². The van der Waals surface area contributed by atoms with Crippen LogP contribution in [0.25, 0.3) is 0 Å². The summed E-state index contributed by atoms with van der Waals surface area (Å²) in [5.74, 6) is 2.74. The molecule has 0 aromatic rings. The van der Waals surface area contributed by atoms with Crippen LogP contribution in [0.1, 0.15) is 47.0 Å². The number of rotatable bonds is 2. The van der Waals surface area contributed by atoms with Crippen molar-refractivity contribution in [3.63, 3.8) is 0 Å². The van der Waals surface area contributed by atoms with Crippen LogP contribution >= 0.6 is 0 Å². The highest BCUT2D eigenvalue weighted by atomic mass is 14.8. The SMILES string of the molecule is CNCC1CCC(C)CC1C(C)(C)C. The highest BCUT2D eigenvalue weighted by molar-refractivity contribution is 4.86. The molecule has 0 amide bonds. The Labute approximate surface area is 89.7 Å². The lowest BCUT2D eigenvalue weighted by molar-refractivity contribution is 0.0818. The van der Waals surface area contributed by atoms with Gasteiger partial charge in [0.1, 0.15) is 0 Å². The maximum absolute atomic E-state index is 3.35. The van der Waals surface area contributed by atoms with Crippen LogP contribution < -0.4 is 5.32 Å². The Kier molecular flexibility index (Phi) is 4.00. The largest absolute Gasteiger partial charge is 0.319 e. The Morgan fingerprint density at radius 2 is 1.86 bits per heavy atom. The van der Waals surface area contributed by atoms with Gasteiger partial charge in [-0.2, -0.15) is 0 Å². The van der Waals surface area contributed by atoms with Crippen LogP contribution in [-0.4, -0.2) is 13.6 Å². The number of hydrogen-bond donors (Lipinski definition) is 1. The summed E-state index contributed by atoms with van der Waals surface area (Å²) in [6, 6.07) is 0. The molecule has 0 spiro atoms. The smallest absolute Gasteiger partial charge is 0.00207 e. The van der Waals surface area contributed by atoms with E-state index in [2.05, 4.69) is 40.1 Å². The Morgan fingerprint density at radius 3 is 2.36 bits per heavy atom. The van der Waals surface area contributed by atoms with Crippen LogP contribution in [-0.2, 0) is 0 Å². The molecule has 1 rings (SSSR count). The summed E-state index contributed by atoms with van der Waals surface area (Å²) in [7, 11) is 2.08. The third-order valence-corrected chi connectivity index (χ3v) is 3.83. The van der Waals surface area contributed by atoms with E-state index in [9.17, 15) is 0 Å². The molecule has 1 N–H and O–H groups in total. The first-order valence-electron chi connectivity index (χ1n) is 6.09. The summed E-state index contributed by atoms with van der Waals surface area (Å²) < 4.78 is 0. The second-order valence-corrected chi connectivity index (χ2v) is 6.21. The van der Waals surface area contributed by atoms with Gasteiger partial charge >= 0.3 is 0 Å². The van der Waals surface area contributed by atoms with Crippen LogP contribution in [0.15, 0.2) is 0 Å². The van der Waals surface area contributed by atoms with Gasteiger partial charge in [-0.1, -0.05) is 34.1 Å². The molecule has 1 aliphatic rings. The summed E-state index contributed by atoms with van der Waals surface area (Å²) in [5.41, 5.74) is 0.482. The Bertz CT molecular complexity index is 169. The van der Waals surface area contributed by atoms with E-state index in [0.29, 0.717) is 5.41 Å². The fraction of sp³-hybridized carbons (Fsp3) is 1.00. The first-order valence-corrected chi connectivity index (χ1v) is 6.09. The lowest BCUT2D eigenvalue weighted by Crippen LogP contribution is -2.38. The van der Waals surface area contributed by atoms with E-state index in [0.717, 1.165) is 17.8 Å². The molecule has 0 bridgehead atoms. The fourth-order valence-corrected chi connectivity index (χ4v) is 3.01. The molecule has 3 atom stereocenters. The Morgan fingerprint density at radius 1 is 1.21 bits per heavy atom. The molecule has 1 aliphatic carbocycles. The highest BCUT2D eigenvalue weighted by Crippen LogP contribution is 2.43. The molecule has 14 heavy (non-hydrogen) atoms. The third-order valence-electron chi connectivity index (χ3n) is 3.83. The summed E-state index contributed by atoms with van der Waals surface area (Å²) in [4.78, 5) is 0. The second kappa shape index (κ2) is 4.65. The first-order chi connectivity index (χ1) is 6.45. The van der Waals surface area contributed by atoms with Crippen LogP contribution in [0.3, 0.4) is 0 Å². The minimum atomic E-state index is 0.482. The Balaban J connectivity index is 2.64. The van der Waals surface area contributed by atoms with Crippen molar-refractivity contribution in [2.45, 2.75) is 47.0 Å². The van der Waals surface area contributed by atoms with E-state index in [1.165, 1.54) is 25.8 Å². The average Bonchev–Trinajstić information content (AvgIpc) is 2.07. The summed E-state index contributed by atoms with van der Waals surface area (Å²) in [6.07, 6.45) is 4.28. The molecule has 3 unspecified atom stereocenters. The van der Waals surface area contributed by atoms with Crippen molar-refractivity contribution in [3.8, 4) is 0 Å². The fourth-order valence-electron chi connectivity index (χ4n) is 3.01. The van der Waals surface area contributed by atoms with Gasteiger partial charge in [0, 0.05) is 0 Å². The zero-order valence-electron chi connectivity index (χ0n) is 10.6. The van der Waals surface area contributed by atoms with E-state index < -0.39 is 0 Å². The number of nitrogens with one attached hydrogen (secondary N) is 1.